The zero-order chi connectivity index (χ0) is 17.6. The average molecular weight is 347 g/mol. The molecule has 0 bridgehead atoms. The van der Waals surface area contributed by atoms with Gasteiger partial charge < -0.3 is 26.2 Å². The number of thiol groups is 1. The lowest BCUT2D eigenvalue weighted by atomic mass is 10.1. The average Bonchev–Trinajstić information content (AvgIpc) is 2.88. The van der Waals surface area contributed by atoms with E-state index in [2.05, 4.69) is 23.1 Å². The molecule has 1 aliphatic rings. The summed E-state index contributed by atoms with van der Waals surface area (Å²) in [5.74, 6) is -1.87. The predicted octanol–water partition coefficient (Wildman–Crippen LogP) is -1.27. The van der Waals surface area contributed by atoms with Crippen LogP contribution in [0.4, 0.5) is 0 Å². The van der Waals surface area contributed by atoms with E-state index in [1.807, 2.05) is 0 Å². The minimum atomic E-state index is -1.25. The molecule has 23 heavy (non-hydrogen) atoms. The van der Waals surface area contributed by atoms with Gasteiger partial charge in [0.25, 0.3) is 5.91 Å². The maximum atomic E-state index is 12.3. The number of amides is 1. The summed E-state index contributed by atoms with van der Waals surface area (Å²) in [7, 11) is 0. The van der Waals surface area contributed by atoms with E-state index in [1.165, 1.54) is 0 Å². The summed E-state index contributed by atoms with van der Waals surface area (Å²) in [5, 5.41) is 31.2. The van der Waals surface area contributed by atoms with E-state index in [1.54, 1.807) is 0 Å². The molecule has 130 valence electrons. The van der Waals surface area contributed by atoms with Gasteiger partial charge in [0.05, 0.1) is 6.10 Å². The lowest BCUT2D eigenvalue weighted by Crippen LogP contribution is -2.46. The molecule has 0 aromatic heterocycles. The molecule has 1 saturated heterocycles. The first-order valence-corrected chi connectivity index (χ1v) is 7.68. The molecule has 1 rings (SSSR count). The number of guanidine groups is 1. The normalized spacial score (nSPS) is 23.1. The number of hydrogen-bond donors (Lipinski definition) is 6. The van der Waals surface area contributed by atoms with Crippen molar-refractivity contribution in [1.29, 1.82) is 5.41 Å². The highest BCUT2D eigenvalue weighted by atomic mass is 32.1. The predicted molar refractivity (Wildman–Crippen MR) is 85.3 cm³/mol. The molecule has 1 amide bonds. The van der Waals surface area contributed by atoms with E-state index in [4.69, 9.17) is 16.2 Å². The number of carboxylic acids is 1. The van der Waals surface area contributed by atoms with Crippen LogP contribution in [0.1, 0.15) is 19.3 Å². The standard InChI is InChI=1S/C12H21N5O5S/c13-12(14)15-6(5-23)1-2-8(16-22)10(19)17-4-7(18)3-9(17)11(20)21/h6-9,18,23H,1-5H2,(H,20,21)(H4,13,14,15)/t6?,7?,8?,9-/m0/s1. The smallest absolute Gasteiger partial charge is 0.326 e. The van der Waals surface area contributed by atoms with E-state index in [0.29, 0.717) is 12.2 Å². The van der Waals surface area contributed by atoms with Crippen LogP contribution >= 0.6 is 12.6 Å². The van der Waals surface area contributed by atoms with Gasteiger partial charge in [-0.1, -0.05) is 5.18 Å². The fraction of sp³-hybridized carbons (Fsp3) is 0.750. The van der Waals surface area contributed by atoms with Crippen molar-refractivity contribution in [1.82, 2.24) is 10.2 Å². The quantitative estimate of drug-likeness (QED) is 0.138. The highest BCUT2D eigenvalue weighted by Crippen LogP contribution is 2.21. The molecule has 0 aromatic carbocycles. The van der Waals surface area contributed by atoms with Crippen LogP contribution < -0.4 is 11.1 Å². The van der Waals surface area contributed by atoms with Gasteiger partial charge in [0.1, 0.15) is 6.04 Å². The summed E-state index contributed by atoms with van der Waals surface area (Å²) in [5.41, 5.74) is 5.22. The van der Waals surface area contributed by atoms with Gasteiger partial charge in [-0.2, -0.15) is 12.6 Å². The first-order valence-electron chi connectivity index (χ1n) is 7.05. The molecule has 1 heterocycles. The summed E-state index contributed by atoms with van der Waals surface area (Å²) in [4.78, 5) is 35.4. The number of hydrogen-bond acceptors (Lipinski definition) is 7. The third-order valence-electron chi connectivity index (χ3n) is 3.63. The largest absolute Gasteiger partial charge is 0.480 e. The SMILES string of the molecule is N=C(N)NC(CS)CCC(N=O)C(=O)N1CC(O)C[C@H]1C(=O)O. The second-order valence-electron chi connectivity index (χ2n) is 5.37. The first-order chi connectivity index (χ1) is 10.8. The molecule has 1 aliphatic heterocycles. The van der Waals surface area contributed by atoms with Crippen molar-refractivity contribution >= 4 is 30.5 Å². The number of aliphatic hydroxyl groups excluding tert-OH is 1. The van der Waals surface area contributed by atoms with Gasteiger partial charge >= 0.3 is 5.97 Å². The lowest BCUT2D eigenvalue weighted by molar-refractivity contribution is -0.148. The summed E-state index contributed by atoms with van der Waals surface area (Å²) in [6, 6.07) is -2.72. The van der Waals surface area contributed by atoms with Crippen molar-refractivity contribution < 1.29 is 19.8 Å². The van der Waals surface area contributed by atoms with E-state index in [0.717, 1.165) is 4.90 Å². The van der Waals surface area contributed by atoms with Gasteiger partial charge in [-0.15, -0.1) is 4.91 Å². The Labute approximate surface area is 138 Å². The van der Waals surface area contributed by atoms with Crippen LogP contribution in [0.5, 0.6) is 0 Å². The van der Waals surface area contributed by atoms with Crippen LogP contribution in [0.25, 0.3) is 0 Å². The molecular formula is C12H21N5O5S. The maximum absolute atomic E-state index is 12.3. The van der Waals surface area contributed by atoms with Crippen LogP contribution in [0.2, 0.25) is 0 Å². The lowest BCUT2D eigenvalue weighted by Gasteiger charge is -2.24. The Kier molecular flexibility index (Phi) is 7.23. The summed E-state index contributed by atoms with van der Waals surface area (Å²) in [6.07, 6.45) is -0.638. The van der Waals surface area contributed by atoms with Crippen molar-refractivity contribution in [3.05, 3.63) is 4.91 Å². The number of aliphatic hydroxyl groups is 1. The van der Waals surface area contributed by atoms with E-state index in [-0.39, 0.29) is 31.4 Å². The molecule has 11 heteroatoms. The molecule has 0 radical (unpaired) electrons. The van der Waals surface area contributed by atoms with E-state index >= 15 is 0 Å². The number of nitrogens with zero attached hydrogens (tertiary/aromatic N) is 2. The number of carbonyl (C=O) groups excluding carboxylic acids is 1. The zero-order valence-corrected chi connectivity index (χ0v) is 13.3. The Morgan fingerprint density at radius 3 is 2.61 bits per heavy atom. The molecule has 0 saturated carbocycles. The number of carbonyl (C=O) groups is 2. The van der Waals surface area contributed by atoms with Crippen molar-refractivity contribution in [2.45, 2.75) is 43.5 Å². The van der Waals surface area contributed by atoms with Crippen molar-refractivity contribution in [3.63, 3.8) is 0 Å². The number of β-amino-alcohol motifs (C(OH)–C–C–N with tert-alkyl or cyclic N) is 1. The second kappa shape index (κ2) is 8.67. The summed E-state index contributed by atoms with van der Waals surface area (Å²) >= 11 is 4.08. The summed E-state index contributed by atoms with van der Waals surface area (Å²) in [6.45, 7) is -0.135. The van der Waals surface area contributed by atoms with Gasteiger partial charge in [0.2, 0.25) is 0 Å². The fourth-order valence-electron chi connectivity index (χ4n) is 2.49. The molecule has 4 atom stereocenters. The van der Waals surface area contributed by atoms with Gasteiger partial charge in [0, 0.05) is 24.8 Å². The minimum Gasteiger partial charge on any atom is -0.480 e. The van der Waals surface area contributed by atoms with Gasteiger partial charge in [-0.25, -0.2) is 4.79 Å². The Morgan fingerprint density at radius 2 is 2.13 bits per heavy atom. The van der Waals surface area contributed by atoms with E-state index in [9.17, 15) is 19.6 Å². The molecule has 3 unspecified atom stereocenters. The zero-order valence-electron chi connectivity index (χ0n) is 12.4. The fourth-order valence-corrected chi connectivity index (χ4v) is 2.77. The van der Waals surface area contributed by atoms with Crippen LogP contribution in [-0.2, 0) is 9.59 Å². The van der Waals surface area contributed by atoms with Gasteiger partial charge in [0.15, 0.2) is 12.0 Å². The highest BCUT2D eigenvalue weighted by Gasteiger charge is 2.41. The monoisotopic (exact) mass is 347 g/mol. The summed E-state index contributed by atoms with van der Waals surface area (Å²) < 4.78 is 0. The molecular weight excluding hydrogens is 326 g/mol. The topological polar surface area (TPSA) is 169 Å². The number of nitroso groups, excluding NO2 is 1. The van der Waals surface area contributed by atoms with Crippen LogP contribution in [0.3, 0.4) is 0 Å². The molecule has 0 spiro atoms. The molecule has 0 aliphatic carbocycles. The maximum Gasteiger partial charge on any atom is 0.326 e. The number of rotatable bonds is 8. The third kappa shape index (κ3) is 5.36. The van der Waals surface area contributed by atoms with Gasteiger partial charge in [-0.3, -0.25) is 10.2 Å². The molecule has 10 nitrogen and oxygen atoms in total. The van der Waals surface area contributed by atoms with Crippen molar-refractivity contribution in [3.8, 4) is 0 Å². The Bertz CT molecular complexity index is 477. The Balaban J connectivity index is 2.69. The van der Waals surface area contributed by atoms with Crippen molar-refractivity contribution in [2.75, 3.05) is 12.3 Å². The van der Waals surface area contributed by atoms with E-state index < -0.39 is 30.1 Å². The number of carboxylic acid groups (broad SMARTS) is 1. The second-order valence-corrected chi connectivity index (χ2v) is 5.74. The Morgan fingerprint density at radius 1 is 1.48 bits per heavy atom. The van der Waals surface area contributed by atoms with Crippen LogP contribution in [-0.4, -0.2) is 69.5 Å². The molecule has 0 aromatic rings. The number of nitrogens with one attached hydrogen (secondary N) is 2. The van der Waals surface area contributed by atoms with Crippen LogP contribution in [0, 0.1) is 10.3 Å². The minimum absolute atomic E-state index is 0.0623. The molecule has 1 fully saturated rings. The van der Waals surface area contributed by atoms with Crippen molar-refractivity contribution in [2.24, 2.45) is 10.9 Å². The van der Waals surface area contributed by atoms with Crippen LogP contribution in [0.15, 0.2) is 5.18 Å². The number of nitrogens with two attached hydrogens (primary N) is 1. The van der Waals surface area contributed by atoms with Gasteiger partial charge in [-0.05, 0) is 12.8 Å². The number of likely N-dealkylation sites (tertiary alicyclic amines) is 1. The Hall–Kier alpha value is -1.88. The number of aliphatic carboxylic acids is 1. The first kappa shape index (κ1) is 19.2. The third-order valence-corrected chi connectivity index (χ3v) is 4.07. The highest BCUT2D eigenvalue weighted by molar-refractivity contribution is 7.80. The molecule has 6 N–H and O–H groups in total.